The Labute approximate surface area is 413 Å². The molecule has 20 heteroatoms. The zero-order valence-electron chi connectivity index (χ0n) is 39.3. The molecule has 0 bridgehead atoms. The Hall–Kier alpha value is -6.02. The fourth-order valence-electron chi connectivity index (χ4n) is 9.58. The highest BCUT2D eigenvalue weighted by Crippen LogP contribution is 2.45. The van der Waals surface area contributed by atoms with E-state index in [2.05, 4.69) is 10.6 Å². The number of rotatable bonds is 12. The van der Waals surface area contributed by atoms with E-state index in [0.717, 1.165) is 62.8 Å². The summed E-state index contributed by atoms with van der Waals surface area (Å²) < 4.78 is 144. The first-order valence-electron chi connectivity index (χ1n) is 24.2. The maximum atomic E-state index is 14.8. The van der Waals surface area contributed by atoms with Crippen LogP contribution in [0.4, 0.5) is 43.9 Å². The highest BCUT2D eigenvalue weighted by atomic mass is 19.4. The molecule has 10 nitrogen and oxygen atoms in total. The van der Waals surface area contributed by atoms with E-state index in [1.54, 1.807) is 30.3 Å². The van der Waals surface area contributed by atoms with E-state index in [1.807, 2.05) is 0 Å². The molecule has 3 heterocycles. The van der Waals surface area contributed by atoms with Crippen molar-refractivity contribution in [1.82, 2.24) is 15.5 Å². The van der Waals surface area contributed by atoms with Gasteiger partial charge in [0.1, 0.15) is 17.7 Å². The largest absolute Gasteiger partial charge is 0.478 e. The maximum absolute atomic E-state index is 14.8. The summed E-state index contributed by atoms with van der Waals surface area (Å²) in [7, 11) is 0. The number of carboxylic acids is 1. The van der Waals surface area contributed by atoms with Crippen molar-refractivity contribution >= 4 is 23.7 Å². The van der Waals surface area contributed by atoms with Gasteiger partial charge < -0.3 is 30.1 Å². The van der Waals surface area contributed by atoms with Gasteiger partial charge in [-0.05, 0) is 123 Å². The van der Waals surface area contributed by atoms with Crippen molar-refractivity contribution in [3.05, 3.63) is 141 Å². The molecule has 73 heavy (non-hydrogen) atoms. The maximum Gasteiger partial charge on any atom is 0.416 e. The lowest BCUT2D eigenvalue weighted by atomic mass is 9.92. The number of carbonyl (C=O) groups excluding carboxylic acids is 3. The van der Waals surface area contributed by atoms with Gasteiger partial charge in [-0.1, -0.05) is 49.2 Å². The Morgan fingerprint density at radius 3 is 1.45 bits per heavy atom. The van der Waals surface area contributed by atoms with Crippen LogP contribution in [0.15, 0.2) is 84.9 Å². The molecule has 3 saturated heterocycles. The molecule has 0 aromatic heterocycles. The van der Waals surface area contributed by atoms with Gasteiger partial charge in [0, 0.05) is 29.2 Å². The average Bonchev–Trinajstić information content (AvgIpc) is 4.26. The monoisotopic (exact) mass is 1030 g/mol. The molecule has 0 unspecified atom stereocenters. The third kappa shape index (κ3) is 12.5. The van der Waals surface area contributed by atoms with E-state index in [1.165, 1.54) is 23.1 Å². The summed E-state index contributed by atoms with van der Waals surface area (Å²) in [5.41, 5.74) is -4.00. The molecule has 3 saturated carbocycles. The summed E-state index contributed by atoms with van der Waals surface area (Å²) in [5.74, 6) is -3.99. The van der Waals surface area contributed by atoms with Crippen molar-refractivity contribution in [3.8, 4) is 0 Å². The van der Waals surface area contributed by atoms with E-state index in [-0.39, 0.29) is 72.3 Å². The number of ether oxygens (including phenoxy) is 2. The minimum atomic E-state index is -4.67. The molecule has 3 aliphatic carbocycles. The summed E-state index contributed by atoms with van der Waals surface area (Å²) >= 11 is 0. The number of halogens is 10. The first kappa shape index (κ1) is 53.3. The molecule has 10 rings (SSSR count). The highest BCUT2D eigenvalue weighted by Gasteiger charge is 2.44. The summed E-state index contributed by atoms with van der Waals surface area (Å²) in [5, 5.41) is 14.4. The van der Waals surface area contributed by atoms with Crippen LogP contribution in [0.25, 0.3) is 0 Å². The summed E-state index contributed by atoms with van der Waals surface area (Å²) in [6.07, 6.45) is -1.45. The number of hydrogen-bond donors (Lipinski definition) is 3. The van der Waals surface area contributed by atoms with Gasteiger partial charge in [0.2, 0.25) is 11.8 Å². The molecule has 6 aliphatic rings. The van der Waals surface area contributed by atoms with Crippen LogP contribution in [0.3, 0.4) is 0 Å². The summed E-state index contributed by atoms with van der Waals surface area (Å²) in [6, 6.07) is 14.9. The predicted molar refractivity (Wildman–Crippen MR) is 243 cm³/mol. The van der Waals surface area contributed by atoms with E-state index < -0.39 is 82.4 Å². The lowest BCUT2D eigenvalue weighted by Gasteiger charge is -2.34. The topological polar surface area (TPSA) is 134 Å². The van der Waals surface area contributed by atoms with Crippen LogP contribution in [0.2, 0.25) is 0 Å². The second kappa shape index (κ2) is 21.4. The number of aromatic carboxylic acids is 1. The molecule has 4 aromatic rings. The van der Waals surface area contributed by atoms with Crippen LogP contribution < -0.4 is 10.6 Å². The number of likely N-dealkylation sites (tertiary alicyclic amines) is 1. The Bertz CT molecular complexity index is 2680. The number of nitrogens with zero attached hydrogens (tertiary/aromatic N) is 1. The Kier molecular flexibility index (Phi) is 15.7. The van der Waals surface area contributed by atoms with Crippen molar-refractivity contribution in [2.24, 2.45) is 17.8 Å². The van der Waals surface area contributed by atoms with Crippen LogP contribution in [0.5, 0.6) is 0 Å². The van der Waals surface area contributed by atoms with Crippen molar-refractivity contribution < 1.29 is 77.7 Å². The molecule has 3 N–H and O–H groups in total. The van der Waals surface area contributed by atoms with Crippen LogP contribution in [0, 0.1) is 29.4 Å². The van der Waals surface area contributed by atoms with E-state index in [4.69, 9.17) is 14.6 Å². The lowest BCUT2D eigenvalue weighted by Crippen LogP contribution is -2.47. The smallest absolute Gasteiger partial charge is 0.416 e. The third-order valence-electron chi connectivity index (χ3n) is 14.2. The number of amides is 3. The van der Waals surface area contributed by atoms with Gasteiger partial charge in [-0.2, -0.15) is 26.3 Å². The molecule has 0 spiro atoms. The predicted octanol–water partition coefficient (Wildman–Crippen LogP) is 11.1. The Morgan fingerprint density at radius 1 is 0.589 bits per heavy atom. The quantitative estimate of drug-likeness (QED) is 0.120. The molecule has 392 valence electrons. The van der Waals surface area contributed by atoms with Gasteiger partial charge in [-0.25, -0.2) is 22.4 Å². The first-order chi connectivity index (χ1) is 34.5. The standard InChI is InChI=1S/C26H25F5N2O3.C17H19F4NO.C10H9FO3/c27-20-12-18(26(29,30)31)8-9-19(20)22(15-6-7-15)32-23(34)21-5-2-10-33(21)24(35)16-3-1-4-17(11-16)25(28)13-36-14-25;18-14-9-12(17(19,20)21)7-8-13(14)15(10-5-6-10)22-16(23)11-3-1-2-4-11;11-10(5-14-6-10)8-3-1-2-7(4-8)9(12)13/h1,3-4,8-9,11-12,15,21-22H,2,5-7,10,13-14H2,(H,32,34);7-11,15H,1-6H2,(H,22,23);1-4H,5-6H2,(H,12,13)/t21-,22-;15-;/m11./s1. The first-order valence-corrected chi connectivity index (χ1v) is 24.2. The number of benzene rings is 4. The van der Waals surface area contributed by atoms with Crippen LogP contribution in [0.1, 0.15) is 130 Å². The molecule has 3 aliphatic heterocycles. The van der Waals surface area contributed by atoms with Crippen LogP contribution >= 0.6 is 0 Å². The second-order valence-corrected chi connectivity index (χ2v) is 19.6. The van der Waals surface area contributed by atoms with Gasteiger partial charge in [-0.3, -0.25) is 14.4 Å². The average molecular weight is 1030 g/mol. The zero-order chi connectivity index (χ0) is 52.5. The van der Waals surface area contributed by atoms with E-state index >= 15 is 0 Å². The van der Waals surface area contributed by atoms with Gasteiger partial charge in [0.15, 0.2) is 11.3 Å². The van der Waals surface area contributed by atoms with E-state index in [9.17, 15) is 63.1 Å². The molecule has 0 radical (unpaired) electrons. The van der Waals surface area contributed by atoms with Crippen molar-refractivity contribution in [2.45, 2.75) is 106 Å². The Morgan fingerprint density at radius 2 is 1.04 bits per heavy atom. The van der Waals surface area contributed by atoms with Gasteiger partial charge in [-0.15, -0.1) is 0 Å². The van der Waals surface area contributed by atoms with Gasteiger partial charge >= 0.3 is 18.3 Å². The van der Waals surface area contributed by atoms with Crippen molar-refractivity contribution in [2.75, 3.05) is 33.0 Å². The summed E-state index contributed by atoms with van der Waals surface area (Å²) in [6.45, 7) is 0.185. The van der Waals surface area contributed by atoms with Gasteiger partial charge in [0.25, 0.3) is 5.91 Å². The Balaban J connectivity index is 0.000000163. The second-order valence-electron chi connectivity index (χ2n) is 19.6. The number of nitrogens with one attached hydrogen (secondary N) is 2. The minimum Gasteiger partial charge on any atom is -0.478 e. The van der Waals surface area contributed by atoms with Crippen molar-refractivity contribution in [1.29, 1.82) is 0 Å². The van der Waals surface area contributed by atoms with Crippen LogP contribution in [-0.4, -0.2) is 72.7 Å². The normalized spacial score (nSPS) is 21.0. The molecular weight excluding hydrogens is 981 g/mol. The van der Waals surface area contributed by atoms with Crippen LogP contribution in [-0.2, 0) is 42.8 Å². The SMILES string of the molecule is O=C(N[C@@H](c1ccc(C(F)(F)F)cc1F)C1CC1)C1CCCC1.O=C(N[C@@H](c1ccc(C(F)(F)F)cc1F)C1CC1)[C@H]1CCCN1C(=O)c1cccc(C2(F)COC2)c1.O=C(O)c1cccc(C2(F)COC2)c1. The number of carbonyl (C=O) groups is 4. The fourth-order valence-corrected chi connectivity index (χ4v) is 9.58. The van der Waals surface area contributed by atoms with Crippen molar-refractivity contribution in [3.63, 3.8) is 0 Å². The highest BCUT2D eigenvalue weighted by molar-refractivity contribution is 5.98. The molecular formula is C53H53F10N3O7. The van der Waals surface area contributed by atoms with Gasteiger partial charge in [0.05, 0.1) is 55.2 Å². The lowest BCUT2D eigenvalue weighted by molar-refractivity contribution is -0.138. The molecule has 6 fully saturated rings. The summed E-state index contributed by atoms with van der Waals surface area (Å²) in [4.78, 5) is 50.8. The molecule has 3 atom stereocenters. The van der Waals surface area contributed by atoms with E-state index in [0.29, 0.717) is 55.5 Å². The molecule has 3 amide bonds. The minimum absolute atomic E-state index is 0.00149. The number of hydrogen-bond acceptors (Lipinski definition) is 6. The third-order valence-corrected chi connectivity index (χ3v) is 14.2. The zero-order valence-corrected chi connectivity index (χ0v) is 39.3. The molecule has 4 aromatic carbocycles. The number of carboxylic acid groups (broad SMARTS) is 1. The number of alkyl halides is 8. The fraction of sp³-hybridized carbons (Fsp3) is 0.472.